The number of furan rings is 1. The highest BCUT2D eigenvalue weighted by Gasteiger charge is 2.21. The van der Waals surface area contributed by atoms with Gasteiger partial charge < -0.3 is 19.7 Å². The highest BCUT2D eigenvalue weighted by molar-refractivity contribution is 5.94. The molecule has 0 saturated heterocycles. The molecule has 7 heteroatoms. The summed E-state index contributed by atoms with van der Waals surface area (Å²) in [7, 11) is 1.60. The van der Waals surface area contributed by atoms with E-state index < -0.39 is 5.97 Å². The highest BCUT2D eigenvalue weighted by Crippen LogP contribution is 2.35. The second-order valence-electron chi connectivity index (χ2n) is 9.36. The van der Waals surface area contributed by atoms with Gasteiger partial charge in [-0.3, -0.25) is 9.59 Å². The molecule has 1 heterocycles. The fourth-order valence-electron chi connectivity index (χ4n) is 4.11. The zero-order valence-electron chi connectivity index (χ0n) is 20.9. The molecule has 0 aliphatic heterocycles. The van der Waals surface area contributed by atoms with Crippen molar-refractivity contribution in [3.63, 3.8) is 0 Å². The second-order valence-corrected chi connectivity index (χ2v) is 9.36. The number of aliphatic carboxylic acids is 1. The summed E-state index contributed by atoms with van der Waals surface area (Å²) >= 11 is 0. The number of nitrogens with one attached hydrogen (secondary N) is 1. The number of nitrogens with zero attached hydrogens (tertiary/aromatic N) is 1. The normalized spacial score (nSPS) is 12.0. The number of carbonyl (C=O) groups is 2. The van der Waals surface area contributed by atoms with Crippen LogP contribution in [0.2, 0.25) is 0 Å². The van der Waals surface area contributed by atoms with E-state index >= 15 is 0 Å². The second kappa shape index (κ2) is 11.2. The Balaban J connectivity index is 1.80. The lowest BCUT2D eigenvalue weighted by atomic mass is 9.96. The summed E-state index contributed by atoms with van der Waals surface area (Å²) in [5.41, 5.74) is 4.06. The van der Waals surface area contributed by atoms with E-state index in [-0.39, 0.29) is 30.7 Å². The number of aryl methyl sites for hydroxylation is 2. The van der Waals surface area contributed by atoms with Gasteiger partial charge in [0.25, 0.3) is 5.91 Å². The van der Waals surface area contributed by atoms with Crippen molar-refractivity contribution in [2.24, 2.45) is 5.92 Å². The zero-order valence-corrected chi connectivity index (χ0v) is 20.9. The van der Waals surface area contributed by atoms with E-state index in [1.54, 1.807) is 25.2 Å². The van der Waals surface area contributed by atoms with Crippen LogP contribution in [0.3, 0.4) is 0 Å². The molecule has 2 aromatic carbocycles. The average molecular weight is 481 g/mol. The minimum Gasteiger partial charge on any atom is -0.481 e. The van der Waals surface area contributed by atoms with Crippen LogP contribution in [0.5, 0.6) is 0 Å². The Morgan fingerprint density at radius 3 is 2.37 bits per heavy atom. The molecule has 1 aromatic heterocycles. The molecule has 0 saturated carbocycles. The van der Waals surface area contributed by atoms with Gasteiger partial charge in [-0.25, -0.2) is 4.39 Å². The van der Waals surface area contributed by atoms with Crippen molar-refractivity contribution < 1.29 is 23.5 Å². The monoisotopic (exact) mass is 480 g/mol. The van der Waals surface area contributed by atoms with E-state index in [9.17, 15) is 14.0 Å². The molecule has 1 atom stereocenters. The molecule has 35 heavy (non-hydrogen) atoms. The summed E-state index contributed by atoms with van der Waals surface area (Å²) in [5.74, 6) is 0.490. The first-order valence-corrected chi connectivity index (χ1v) is 11.8. The number of halogens is 1. The maximum Gasteiger partial charge on any atom is 0.305 e. The minimum absolute atomic E-state index is 0.0203. The van der Waals surface area contributed by atoms with Crippen molar-refractivity contribution in [1.29, 1.82) is 0 Å². The third-order valence-corrected chi connectivity index (χ3v) is 5.97. The van der Waals surface area contributed by atoms with Gasteiger partial charge in [-0.05, 0) is 80.3 Å². The quantitative estimate of drug-likeness (QED) is 0.348. The van der Waals surface area contributed by atoms with Crippen molar-refractivity contribution in [1.82, 2.24) is 4.90 Å². The predicted octanol–water partition coefficient (Wildman–Crippen LogP) is 6.45. The van der Waals surface area contributed by atoms with Gasteiger partial charge in [0.05, 0.1) is 12.5 Å². The van der Waals surface area contributed by atoms with Crippen molar-refractivity contribution >= 4 is 17.6 Å². The summed E-state index contributed by atoms with van der Waals surface area (Å²) in [5, 5.41) is 12.4. The average Bonchev–Trinajstić information content (AvgIpc) is 3.17. The summed E-state index contributed by atoms with van der Waals surface area (Å²) in [4.78, 5) is 24.7. The lowest BCUT2D eigenvalue weighted by Gasteiger charge is -2.22. The van der Waals surface area contributed by atoms with E-state index in [1.807, 2.05) is 32.0 Å². The molecule has 0 aliphatic carbocycles. The molecule has 0 radical (unpaired) electrons. The van der Waals surface area contributed by atoms with Crippen molar-refractivity contribution in [3.05, 3.63) is 76.8 Å². The zero-order chi connectivity index (χ0) is 25.7. The van der Waals surface area contributed by atoms with Gasteiger partial charge in [0.2, 0.25) is 0 Å². The standard InChI is InChI=1S/C28H33FN2O4/c1-17(2)14-25(24-16-26(35-19(24)4)23-11-8-21(29)15-18(23)3)30-22-9-6-20(7-10-22)28(34)31(5)13-12-27(32)33/h6-11,15-17,25,30H,12-14H2,1-5H3,(H,32,33). The first kappa shape index (κ1) is 26.0. The maximum absolute atomic E-state index is 13.6. The predicted molar refractivity (Wildman–Crippen MR) is 135 cm³/mol. The largest absolute Gasteiger partial charge is 0.481 e. The SMILES string of the molecule is Cc1cc(F)ccc1-c1cc(C(CC(C)C)Nc2ccc(C(=O)N(C)CCC(=O)O)cc2)c(C)o1. The molecule has 1 unspecified atom stereocenters. The summed E-state index contributed by atoms with van der Waals surface area (Å²) in [6.07, 6.45) is 0.767. The van der Waals surface area contributed by atoms with Gasteiger partial charge in [0, 0.05) is 36.0 Å². The van der Waals surface area contributed by atoms with Gasteiger partial charge in [-0.1, -0.05) is 13.8 Å². The molecule has 6 nitrogen and oxygen atoms in total. The van der Waals surface area contributed by atoms with Crippen LogP contribution in [0, 0.1) is 25.6 Å². The van der Waals surface area contributed by atoms with Crippen LogP contribution in [0.4, 0.5) is 10.1 Å². The molecular formula is C28H33FN2O4. The summed E-state index contributed by atoms with van der Waals surface area (Å²) in [6.45, 7) is 8.26. The van der Waals surface area contributed by atoms with Crippen molar-refractivity contribution in [3.8, 4) is 11.3 Å². The lowest BCUT2D eigenvalue weighted by molar-refractivity contribution is -0.137. The van der Waals surface area contributed by atoms with Gasteiger partial charge in [0.15, 0.2) is 0 Å². The Bertz CT molecular complexity index is 1180. The molecule has 3 aromatic rings. The molecule has 0 spiro atoms. The fourth-order valence-corrected chi connectivity index (χ4v) is 4.11. The smallest absolute Gasteiger partial charge is 0.305 e. The maximum atomic E-state index is 13.6. The third-order valence-electron chi connectivity index (χ3n) is 5.97. The van der Waals surface area contributed by atoms with Crippen molar-refractivity contribution in [2.45, 2.75) is 46.6 Å². The van der Waals surface area contributed by atoms with Gasteiger partial charge >= 0.3 is 5.97 Å². The molecule has 2 N–H and O–H groups in total. The van der Waals surface area contributed by atoms with E-state index in [1.165, 1.54) is 17.0 Å². The van der Waals surface area contributed by atoms with Gasteiger partial charge in [-0.2, -0.15) is 0 Å². The minimum atomic E-state index is -0.937. The lowest BCUT2D eigenvalue weighted by Crippen LogP contribution is -2.29. The number of amides is 1. The molecule has 0 aliphatic rings. The van der Waals surface area contributed by atoms with Crippen LogP contribution >= 0.6 is 0 Å². The Hall–Kier alpha value is -3.61. The van der Waals surface area contributed by atoms with Crippen LogP contribution < -0.4 is 5.32 Å². The Morgan fingerprint density at radius 2 is 1.77 bits per heavy atom. The number of hydrogen-bond acceptors (Lipinski definition) is 4. The number of benzene rings is 2. The first-order chi connectivity index (χ1) is 16.5. The molecule has 1 amide bonds. The molecule has 0 bridgehead atoms. The summed E-state index contributed by atoms with van der Waals surface area (Å²) in [6, 6.07) is 13.9. The summed E-state index contributed by atoms with van der Waals surface area (Å²) < 4.78 is 19.7. The first-order valence-electron chi connectivity index (χ1n) is 11.8. The molecular weight excluding hydrogens is 447 g/mol. The van der Waals surface area contributed by atoms with E-state index in [0.717, 1.165) is 34.6 Å². The van der Waals surface area contributed by atoms with E-state index in [0.29, 0.717) is 17.2 Å². The van der Waals surface area contributed by atoms with Crippen LogP contribution in [0.1, 0.15) is 60.0 Å². The number of hydrogen-bond donors (Lipinski definition) is 2. The van der Waals surface area contributed by atoms with Crippen LogP contribution in [-0.4, -0.2) is 35.5 Å². The Labute approximate surface area is 205 Å². The van der Waals surface area contributed by atoms with Gasteiger partial charge in [-0.15, -0.1) is 0 Å². The van der Waals surface area contributed by atoms with Crippen LogP contribution in [-0.2, 0) is 4.79 Å². The highest BCUT2D eigenvalue weighted by atomic mass is 19.1. The fraction of sp³-hybridized carbons (Fsp3) is 0.357. The van der Waals surface area contributed by atoms with E-state index in [4.69, 9.17) is 9.52 Å². The molecule has 0 fully saturated rings. The number of rotatable bonds is 10. The Kier molecular flexibility index (Phi) is 8.33. The van der Waals surface area contributed by atoms with Crippen LogP contribution in [0.25, 0.3) is 11.3 Å². The van der Waals surface area contributed by atoms with Gasteiger partial charge in [0.1, 0.15) is 17.3 Å². The number of carboxylic acid groups (broad SMARTS) is 1. The third kappa shape index (κ3) is 6.72. The number of anilines is 1. The topological polar surface area (TPSA) is 82.8 Å². The van der Waals surface area contributed by atoms with Crippen molar-refractivity contribution in [2.75, 3.05) is 18.9 Å². The number of carbonyl (C=O) groups excluding carboxylic acids is 1. The molecule has 186 valence electrons. The Morgan fingerprint density at radius 1 is 1.09 bits per heavy atom. The molecule has 3 rings (SSSR count). The van der Waals surface area contributed by atoms with E-state index in [2.05, 4.69) is 19.2 Å². The van der Waals surface area contributed by atoms with Crippen LogP contribution in [0.15, 0.2) is 52.9 Å². The number of carboxylic acids is 1.